The van der Waals surface area contributed by atoms with Crippen molar-refractivity contribution in [3.8, 4) is 0 Å². The number of carboxylic acids is 1. The fourth-order valence-electron chi connectivity index (χ4n) is 16.8. The predicted octanol–water partition coefficient (Wildman–Crippen LogP) is -21.9. The summed E-state index contributed by atoms with van der Waals surface area (Å²) >= 11 is 0. The van der Waals surface area contributed by atoms with Crippen molar-refractivity contribution in [2.45, 2.75) is 360 Å². The van der Waals surface area contributed by atoms with Crippen molar-refractivity contribution >= 4 is 35.5 Å². The first-order chi connectivity index (χ1) is 61.7. The molecule has 131 heavy (non-hydrogen) atoms. The minimum Gasteiger partial charge on any atom is -0.477 e. The summed E-state index contributed by atoms with van der Waals surface area (Å²) in [5, 5.41) is 326. The fraction of sp³-hybridized carbons (Fsp3) is 0.918. The van der Waals surface area contributed by atoms with Gasteiger partial charge in [-0.3, -0.25) is 24.0 Å². The molecule has 0 aromatic carbocycles. The lowest BCUT2D eigenvalue weighted by atomic mass is 9.88. The number of rotatable bonds is 35. The average molecular weight is 1920 g/mol. The Kier molecular flexibility index (Phi) is 38.4. The number of aliphatic hydroxyl groups is 27. The summed E-state index contributed by atoms with van der Waals surface area (Å²) in [5.41, 5.74) is 0. The van der Waals surface area contributed by atoms with Gasteiger partial charge in [0.1, 0.15) is 232 Å². The second-order valence-electron chi connectivity index (χ2n) is 33.2. The Hall–Kier alpha value is -5.02. The van der Waals surface area contributed by atoms with Gasteiger partial charge in [-0.2, -0.15) is 0 Å². The van der Waals surface area contributed by atoms with Crippen LogP contribution in [0, 0.1) is 0 Å². The molecule has 10 rings (SSSR count). The normalized spacial score (nSPS) is 47.5. The van der Waals surface area contributed by atoms with E-state index in [0.29, 0.717) is 0 Å². The van der Waals surface area contributed by atoms with Gasteiger partial charge in [-0.15, -0.1) is 0 Å². The van der Waals surface area contributed by atoms with Crippen LogP contribution in [-0.2, 0) is 119 Å². The van der Waals surface area contributed by atoms with E-state index in [0.717, 1.165) is 34.6 Å². The molecule has 10 aliphatic rings. The lowest BCUT2D eigenvalue weighted by Gasteiger charge is -2.52. The van der Waals surface area contributed by atoms with E-state index in [1.54, 1.807) is 0 Å². The van der Waals surface area contributed by atoms with E-state index in [-0.39, 0.29) is 0 Å². The maximum Gasteiger partial charge on any atom is 0.364 e. The summed E-state index contributed by atoms with van der Waals surface area (Å²) < 4.78 is 114. The lowest BCUT2D eigenvalue weighted by molar-refractivity contribution is -0.408. The Morgan fingerprint density at radius 2 is 0.672 bits per heavy atom. The zero-order chi connectivity index (χ0) is 96.9. The standard InChI is InChI=1S/C73H121N5O53/c1-17-38(92)48(102)52(106)67(116-17)113-14-31-58(45(99)34(63(110)117-31)75-19(3)86)125-65-36(77-21(5)88)46(100)57(29(13-84)121-65)127-70-55(109)61(59(128-64-35(76-20(4)87)44(98)40(94)25(9-80)118-64)32(124-70)15-114-68-53(107)49(103)41(95)26(10-81)119-68)129-71-62(51(105)42(96)27(11-82)120-71)130-66-37(78-22(6)89)47(101)56(28(12-83)122-66)126-69-54(108)50(104)43(97)30(123-69)16-115-73(72(111)112)7-23(90)33(74-18(2)85)60(131-73)39(93)24(91)8-79/h17,23-71,79-84,90-110H,7-16H2,1-6H3,(H,74,85)(H,75,86)(H,76,87)(H,77,88)(H,78,89)(H,111,112)/t17-,23+,24-,25-,26-,27-,28-,29-,30-,31-,32-,33-,34-,35-,36-,37-,38+,39-,40-,41-,42-,43+,44-,45-,46-,47-,48+,49+,50+,51+,52-,53+,54-,55+,56-,57-,58-,59-,60-,61-,62+,63-,64+,65+,66+,67+,68+,69+,70+,71-,73-/m1/s1. The third-order valence-corrected chi connectivity index (χ3v) is 23.8. The quantitative estimate of drug-likeness (QED) is 0.0280. The van der Waals surface area contributed by atoms with E-state index in [9.17, 15) is 172 Å². The van der Waals surface area contributed by atoms with Gasteiger partial charge < -0.3 is 260 Å². The zero-order valence-corrected chi connectivity index (χ0v) is 70.7. The molecular formula is C73H121N5O53. The fourth-order valence-corrected chi connectivity index (χ4v) is 16.8. The smallest absolute Gasteiger partial charge is 0.364 e. The van der Waals surface area contributed by atoms with Crippen molar-refractivity contribution in [2.75, 3.05) is 59.5 Å². The van der Waals surface area contributed by atoms with Crippen LogP contribution in [-0.4, -0.2) is 550 Å². The molecule has 0 aliphatic carbocycles. The van der Waals surface area contributed by atoms with E-state index in [1.807, 2.05) is 0 Å². The highest BCUT2D eigenvalue weighted by molar-refractivity contribution is 5.77. The zero-order valence-electron chi connectivity index (χ0n) is 70.7. The van der Waals surface area contributed by atoms with Gasteiger partial charge in [0, 0.05) is 41.0 Å². The summed E-state index contributed by atoms with van der Waals surface area (Å²) in [7, 11) is 0. The first-order valence-electron chi connectivity index (χ1n) is 41.6. The van der Waals surface area contributed by atoms with Gasteiger partial charge in [-0.05, 0) is 6.92 Å². The summed E-state index contributed by atoms with van der Waals surface area (Å²) in [5.74, 6) is -10.00. The largest absolute Gasteiger partial charge is 0.477 e. The first-order valence-corrected chi connectivity index (χ1v) is 41.6. The van der Waals surface area contributed by atoms with Crippen molar-refractivity contribution in [3.63, 3.8) is 0 Å². The highest BCUT2D eigenvalue weighted by atomic mass is 16.8. The van der Waals surface area contributed by atoms with E-state index in [4.69, 9.17) is 90.0 Å². The van der Waals surface area contributed by atoms with Crippen LogP contribution in [0.2, 0.25) is 0 Å². The van der Waals surface area contributed by atoms with E-state index in [1.165, 1.54) is 6.92 Å². The van der Waals surface area contributed by atoms with Crippen LogP contribution in [0.1, 0.15) is 48.0 Å². The maximum absolute atomic E-state index is 13.4. The summed E-state index contributed by atoms with van der Waals surface area (Å²) in [6.07, 6.45) is -99.3. The van der Waals surface area contributed by atoms with Gasteiger partial charge in [0.15, 0.2) is 56.6 Å². The molecule has 0 spiro atoms. The molecule has 5 amide bonds. The van der Waals surface area contributed by atoms with Crippen molar-refractivity contribution in [1.29, 1.82) is 0 Å². The van der Waals surface area contributed by atoms with Crippen LogP contribution >= 0.6 is 0 Å². The number of carbonyl (C=O) groups is 6. The molecule has 0 unspecified atom stereocenters. The monoisotopic (exact) mass is 1920 g/mol. The van der Waals surface area contributed by atoms with Gasteiger partial charge in [0.2, 0.25) is 29.5 Å². The third kappa shape index (κ3) is 24.3. The molecule has 0 saturated carbocycles. The van der Waals surface area contributed by atoms with Crippen LogP contribution in [0.15, 0.2) is 0 Å². The van der Waals surface area contributed by atoms with E-state index < -0.39 is 414 Å². The molecule has 58 nitrogen and oxygen atoms in total. The minimum absolute atomic E-state index is 0.851. The number of aliphatic carboxylic acids is 1. The number of carbonyl (C=O) groups excluding carboxylic acids is 5. The summed E-state index contributed by atoms with van der Waals surface area (Å²) in [6.45, 7) is -4.80. The predicted molar refractivity (Wildman–Crippen MR) is 403 cm³/mol. The molecule has 51 atom stereocenters. The van der Waals surface area contributed by atoms with Gasteiger partial charge in [-0.1, -0.05) is 0 Å². The van der Waals surface area contributed by atoms with Crippen LogP contribution < -0.4 is 26.6 Å². The van der Waals surface area contributed by atoms with Crippen molar-refractivity contribution in [3.05, 3.63) is 0 Å². The molecule has 10 aliphatic heterocycles. The number of nitrogens with one attached hydrogen (secondary N) is 5. The Bertz CT molecular complexity index is 3660. The van der Waals surface area contributed by atoms with E-state index >= 15 is 0 Å². The SMILES string of the molecule is CC(=O)N[C@@H]1[C@@H](O)[C@H](O[C@@H]2O[C@H](CO)[C@@H](O[C@@H]3O[C@H](CO[C@H]4O[C@H](CO)[C@@H](O)[C@H](O)[C@@H]4O)[C@@H](O[C@@H]4O[C@H](CO)[C@@H](O)[C@H](O)[C@H]4NC(C)=O)[C@H](O[C@H]4O[C@H](CO)[C@@H](O)[C@H](O)[C@@H]4O[C@@H]4O[C@H](CO)[C@@H](O[C@@H]5O[C@H](CO[C@]6(C(=O)O)C[C@H](O)[C@@H](NC(C)=O)[C@H]([C@H](O)[C@H](O)CO)O6)[C@H](O)[C@H](O)[C@H]5O)[C@H](O)[C@H]4NC(C)=O)[C@@H]3O)[C@H](O)[C@H]2NC(C)=O)[C@@H](CO[C@H]2O[C@H](C)[C@H](O)[C@H](O)[C@H]2O)O[C@H]1O. The highest BCUT2D eigenvalue weighted by Gasteiger charge is 2.63. The second kappa shape index (κ2) is 46.6. The Balaban J connectivity index is 1.01. The van der Waals surface area contributed by atoms with Crippen LogP contribution in [0.5, 0.6) is 0 Å². The molecule has 0 aromatic rings. The average Bonchev–Trinajstić information content (AvgIpc) is 0.797. The number of amides is 5. The Morgan fingerprint density at radius 3 is 1.15 bits per heavy atom. The molecule has 756 valence electrons. The highest BCUT2D eigenvalue weighted by Crippen LogP contribution is 2.42. The Morgan fingerprint density at radius 1 is 0.328 bits per heavy atom. The molecule has 10 heterocycles. The number of hydrogen-bond donors (Lipinski definition) is 33. The maximum atomic E-state index is 13.4. The van der Waals surface area contributed by atoms with E-state index in [2.05, 4.69) is 26.6 Å². The molecule has 10 saturated heterocycles. The number of carboxylic acid groups (broad SMARTS) is 1. The summed E-state index contributed by atoms with van der Waals surface area (Å²) in [4.78, 5) is 77.5. The molecule has 0 aromatic heterocycles. The van der Waals surface area contributed by atoms with Crippen LogP contribution in [0.25, 0.3) is 0 Å². The Labute approximate surface area is 741 Å². The molecule has 0 radical (unpaired) electrons. The molecular weight excluding hydrogens is 1790 g/mol. The van der Waals surface area contributed by atoms with Crippen molar-refractivity contribution in [2.24, 2.45) is 0 Å². The van der Waals surface area contributed by atoms with Gasteiger partial charge in [0.05, 0.1) is 77.7 Å². The molecule has 58 heteroatoms. The van der Waals surface area contributed by atoms with Crippen LogP contribution in [0.3, 0.4) is 0 Å². The number of ether oxygens (including phenoxy) is 19. The lowest BCUT2D eigenvalue weighted by Crippen LogP contribution is -2.71. The van der Waals surface area contributed by atoms with Crippen molar-refractivity contribution < 1.29 is 262 Å². The molecule has 0 bridgehead atoms. The second-order valence-corrected chi connectivity index (χ2v) is 33.2. The molecule has 33 N–H and O–H groups in total. The third-order valence-electron chi connectivity index (χ3n) is 23.8. The topological polar surface area (TPSA) is 904 Å². The molecule has 10 fully saturated rings. The van der Waals surface area contributed by atoms with Crippen LogP contribution in [0.4, 0.5) is 0 Å². The minimum atomic E-state index is -3.12. The number of aliphatic hydroxyl groups excluding tert-OH is 27. The van der Waals surface area contributed by atoms with Crippen molar-refractivity contribution in [1.82, 2.24) is 26.6 Å². The number of hydrogen-bond acceptors (Lipinski definition) is 52. The van der Waals surface area contributed by atoms with Gasteiger partial charge in [-0.25, -0.2) is 4.79 Å². The summed E-state index contributed by atoms with van der Waals surface area (Å²) in [6, 6.07) is -9.72. The van der Waals surface area contributed by atoms with Gasteiger partial charge >= 0.3 is 5.97 Å². The van der Waals surface area contributed by atoms with Gasteiger partial charge in [0.25, 0.3) is 5.79 Å². The first kappa shape index (κ1) is 108.